The van der Waals surface area contributed by atoms with Crippen molar-refractivity contribution in [2.45, 2.75) is 52.5 Å². The molecule has 0 atom stereocenters. The number of amidine groups is 1. The summed E-state index contributed by atoms with van der Waals surface area (Å²) in [5, 5.41) is 3.10. The molecule has 0 aromatic carbocycles. The van der Waals surface area contributed by atoms with Crippen molar-refractivity contribution in [2.24, 2.45) is 4.99 Å². The van der Waals surface area contributed by atoms with Crippen LogP contribution in [0, 0.1) is 0 Å². The molecule has 1 fully saturated rings. The van der Waals surface area contributed by atoms with Gasteiger partial charge in [0.2, 0.25) is 0 Å². The molecule has 0 radical (unpaired) electrons. The van der Waals surface area contributed by atoms with Gasteiger partial charge in [-0.05, 0) is 32.0 Å². The Labute approximate surface area is 94.2 Å². The first-order chi connectivity index (χ1) is 7.36. The van der Waals surface area contributed by atoms with Gasteiger partial charge in [0, 0.05) is 0 Å². The lowest BCUT2D eigenvalue weighted by Crippen LogP contribution is -2.16. The predicted octanol–water partition coefficient (Wildman–Crippen LogP) is 3.66. The highest BCUT2D eigenvalue weighted by molar-refractivity contribution is 5.93. The zero-order chi connectivity index (χ0) is 11.5. The van der Waals surface area contributed by atoms with Crippen molar-refractivity contribution in [3.8, 4) is 0 Å². The number of nitrogens with one attached hydrogen (secondary N) is 1. The number of hydrogen-bond acceptors (Lipinski definition) is 1. The molecule has 0 saturated heterocycles. The first-order valence-electron chi connectivity index (χ1n) is 5.94. The van der Waals surface area contributed by atoms with E-state index < -0.39 is 0 Å². The Morgan fingerprint density at radius 1 is 1.33 bits per heavy atom. The summed E-state index contributed by atoms with van der Waals surface area (Å²) in [5.41, 5.74) is 0. The smallest absolute Gasteiger partial charge is 0.124 e. The number of hydrogen-bond donors (Lipinski definition) is 1. The minimum atomic E-state index is 0.519. The van der Waals surface area contributed by atoms with Crippen molar-refractivity contribution >= 4 is 5.84 Å². The highest BCUT2D eigenvalue weighted by Crippen LogP contribution is 2.20. The second-order valence-corrected chi connectivity index (χ2v) is 3.30. The van der Waals surface area contributed by atoms with E-state index in [0.29, 0.717) is 6.04 Å². The predicted molar refractivity (Wildman–Crippen MR) is 69.2 cm³/mol. The van der Waals surface area contributed by atoms with E-state index in [0.717, 1.165) is 5.84 Å². The molecule has 0 spiro atoms. The SMILES string of the molecule is C=CC(=NC1CCCC1)N/C=C\C.CC. The van der Waals surface area contributed by atoms with Crippen LogP contribution in [0.2, 0.25) is 0 Å². The summed E-state index contributed by atoms with van der Waals surface area (Å²) in [7, 11) is 0. The van der Waals surface area contributed by atoms with Crippen LogP contribution in [0.5, 0.6) is 0 Å². The van der Waals surface area contributed by atoms with Crippen molar-refractivity contribution in [3.63, 3.8) is 0 Å². The van der Waals surface area contributed by atoms with Crippen molar-refractivity contribution in [1.29, 1.82) is 0 Å². The van der Waals surface area contributed by atoms with E-state index in [1.165, 1.54) is 25.7 Å². The Kier molecular flexibility index (Phi) is 8.84. The van der Waals surface area contributed by atoms with Crippen LogP contribution in [-0.2, 0) is 0 Å². The summed E-state index contributed by atoms with van der Waals surface area (Å²) in [4.78, 5) is 4.57. The summed E-state index contributed by atoms with van der Waals surface area (Å²) in [6.45, 7) is 9.70. The molecule has 86 valence electrons. The van der Waals surface area contributed by atoms with Crippen molar-refractivity contribution in [2.75, 3.05) is 0 Å². The molecule has 15 heavy (non-hydrogen) atoms. The average molecular weight is 208 g/mol. The topological polar surface area (TPSA) is 24.4 Å². The first kappa shape index (κ1) is 13.9. The van der Waals surface area contributed by atoms with E-state index >= 15 is 0 Å². The molecular formula is C13H24N2. The third-order valence-corrected chi connectivity index (χ3v) is 2.24. The van der Waals surface area contributed by atoms with E-state index in [4.69, 9.17) is 0 Å². The van der Waals surface area contributed by atoms with Crippen LogP contribution in [0.3, 0.4) is 0 Å². The molecule has 0 heterocycles. The molecule has 2 nitrogen and oxygen atoms in total. The summed E-state index contributed by atoms with van der Waals surface area (Å²) in [6.07, 6.45) is 10.7. The van der Waals surface area contributed by atoms with Crippen LogP contribution in [-0.4, -0.2) is 11.9 Å². The van der Waals surface area contributed by atoms with Gasteiger partial charge in [-0.1, -0.05) is 39.3 Å². The highest BCUT2D eigenvalue weighted by Gasteiger charge is 2.13. The van der Waals surface area contributed by atoms with E-state index in [-0.39, 0.29) is 0 Å². The minimum absolute atomic E-state index is 0.519. The lowest BCUT2D eigenvalue weighted by molar-refractivity contribution is 0.704. The Morgan fingerprint density at radius 2 is 1.93 bits per heavy atom. The van der Waals surface area contributed by atoms with Gasteiger partial charge in [0.25, 0.3) is 0 Å². The molecule has 0 unspecified atom stereocenters. The number of nitrogens with zero attached hydrogens (tertiary/aromatic N) is 1. The van der Waals surface area contributed by atoms with Gasteiger partial charge in [0.05, 0.1) is 6.04 Å². The molecule has 0 aliphatic heterocycles. The molecule has 0 aromatic rings. The Morgan fingerprint density at radius 3 is 2.40 bits per heavy atom. The van der Waals surface area contributed by atoms with Gasteiger partial charge in [0.15, 0.2) is 0 Å². The summed E-state index contributed by atoms with van der Waals surface area (Å²) >= 11 is 0. The quantitative estimate of drug-likeness (QED) is 0.555. The number of aliphatic imine (C=N–C) groups is 1. The lowest BCUT2D eigenvalue weighted by atomic mass is 10.3. The maximum atomic E-state index is 4.57. The molecular weight excluding hydrogens is 184 g/mol. The Balaban J connectivity index is 0.000000921. The highest BCUT2D eigenvalue weighted by atomic mass is 15.0. The van der Waals surface area contributed by atoms with Gasteiger partial charge in [-0.3, -0.25) is 4.99 Å². The van der Waals surface area contributed by atoms with Gasteiger partial charge < -0.3 is 5.32 Å². The molecule has 0 bridgehead atoms. The summed E-state index contributed by atoms with van der Waals surface area (Å²) in [6, 6.07) is 0.519. The fraction of sp³-hybridized carbons (Fsp3) is 0.615. The van der Waals surface area contributed by atoms with Crippen LogP contribution in [0.1, 0.15) is 46.5 Å². The van der Waals surface area contributed by atoms with E-state index in [1.807, 2.05) is 33.0 Å². The molecule has 1 rings (SSSR count). The zero-order valence-corrected chi connectivity index (χ0v) is 10.3. The average Bonchev–Trinajstić information content (AvgIpc) is 2.79. The molecule has 1 aliphatic carbocycles. The first-order valence-corrected chi connectivity index (χ1v) is 5.94. The van der Waals surface area contributed by atoms with Crippen LogP contribution < -0.4 is 5.32 Å². The summed E-state index contributed by atoms with van der Waals surface area (Å²) in [5.74, 6) is 0.894. The van der Waals surface area contributed by atoms with Crippen LogP contribution in [0.15, 0.2) is 29.9 Å². The van der Waals surface area contributed by atoms with E-state index in [2.05, 4.69) is 16.9 Å². The number of rotatable bonds is 3. The third-order valence-electron chi connectivity index (χ3n) is 2.24. The van der Waals surface area contributed by atoms with Crippen LogP contribution >= 0.6 is 0 Å². The fourth-order valence-electron chi connectivity index (χ4n) is 1.55. The fourth-order valence-corrected chi connectivity index (χ4v) is 1.55. The van der Waals surface area contributed by atoms with Gasteiger partial charge in [-0.25, -0.2) is 0 Å². The van der Waals surface area contributed by atoms with Gasteiger partial charge in [-0.2, -0.15) is 0 Å². The molecule has 1 aliphatic rings. The molecule has 1 N–H and O–H groups in total. The zero-order valence-electron chi connectivity index (χ0n) is 10.3. The summed E-state index contributed by atoms with van der Waals surface area (Å²) < 4.78 is 0. The van der Waals surface area contributed by atoms with Crippen LogP contribution in [0.4, 0.5) is 0 Å². The largest absolute Gasteiger partial charge is 0.347 e. The van der Waals surface area contributed by atoms with E-state index in [1.54, 1.807) is 6.08 Å². The monoisotopic (exact) mass is 208 g/mol. The minimum Gasteiger partial charge on any atom is -0.347 e. The number of allylic oxidation sites excluding steroid dienone is 1. The normalized spacial score (nSPS) is 17.4. The molecule has 2 heteroatoms. The van der Waals surface area contributed by atoms with Crippen LogP contribution in [0.25, 0.3) is 0 Å². The lowest BCUT2D eigenvalue weighted by Gasteiger charge is -2.05. The molecule has 0 amide bonds. The standard InChI is InChI=1S/C11H18N2.C2H6/c1-3-9-12-11(4-2)13-10-7-5-6-8-10;1-2/h3-4,9-10H,2,5-8H2,1H3,(H,12,13);1-2H3/b9-3-;. The van der Waals surface area contributed by atoms with Crippen molar-refractivity contribution in [3.05, 3.63) is 24.9 Å². The van der Waals surface area contributed by atoms with Gasteiger partial charge in [-0.15, -0.1) is 0 Å². The maximum absolute atomic E-state index is 4.57. The second-order valence-electron chi connectivity index (χ2n) is 3.30. The Bertz CT molecular complexity index is 211. The van der Waals surface area contributed by atoms with E-state index in [9.17, 15) is 0 Å². The van der Waals surface area contributed by atoms with Gasteiger partial charge >= 0.3 is 0 Å². The van der Waals surface area contributed by atoms with Crippen molar-refractivity contribution < 1.29 is 0 Å². The second kappa shape index (κ2) is 9.50. The Hall–Kier alpha value is -1.05. The van der Waals surface area contributed by atoms with Gasteiger partial charge in [0.1, 0.15) is 5.84 Å². The molecule has 1 saturated carbocycles. The third kappa shape index (κ3) is 6.10. The van der Waals surface area contributed by atoms with Crippen molar-refractivity contribution in [1.82, 2.24) is 5.32 Å². The maximum Gasteiger partial charge on any atom is 0.124 e. The molecule has 0 aromatic heterocycles.